The fourth-order valence-electron chi connectivity index (χ4n) is 1.05. The van der Waals surface area contributed by atoms with Crippen LogP contribution in [-0.2, 0) is 0 Å². The summed E-state index contributed by atoms with van der Waals surface area (Å²) in [4.78, 5) is 0. The van der Waals surface area contributed by atoms with Crippen LogP contribution in [0.3, 0.4) is 0 Å². The molecule has 9 heavy (non-hydrogen) atoms. The van der Waals surface area contributed by atoms with Crippen LogP contribution in [-0.4, -0.2) is 20.9 Å². The molecule has 2 rings (SSSR count). The third-order valence-corrected chi connectivity index (χ3v) is 4.38. The second-order valence-corrected chi connectivity index (χ2v) is 5.88. The minimum atomic E-state index is 0.0929. The van der Waals surface area contributed by atoms with Gasteiger partial charge < -0.3 is 0 Å². The second-order valence-electron chi connectivity index (χ2n) is 2.20. The van der Waals surface area contributed by atoms with Gasteiger partial charge in [-0.05, 0) is 0 Å². The zero-order chi connectivity index (χ0) is 6.27. The van der Waals surface area contributed by atoms with E-state index in [0.29, 0.717) is 0 Å². The zero-order valence-corrected chi connectivity index (χ0v) is 7.55. The first-order valence-corrected chi connectivity index (χ1v) is 5.31. The maximum atomic E-state index is 2.32. The molecule has 0 aromatic carbocycles. The molecule has 0 aromatic rings. The Morgan fingerprint density at radius 3 is 3.11 bits per heavy atom. The van der Waals surface area contributed by atoms with Gasteiger partial charge in [0, 0.05) is 0 Å². The van der Waals surface area contributed by atoms with Gasteiger partial charge in [-0.25, -0.2) is 0 Å². The van der Waals surface area contributed by atoms with E-state index in [-0.39, 0.29) is 20.9 Å². The summed E-state index contributed by atoms with van der Waals surface area (Å²) < 4.78 is 3.24. The maximum absolute atomic E-state index is 2.32. The van der Waals surface area contributed by atoms with E-state index in [4.69, 9.17) is 0 Å². The molecule has 0 aromatic heterocycles. The van der Waals surface area contributed by atoms with E-state index in [1.165, 1.54) is 5.57 Å². The molecule has 0 saturated heterocycles. The summed E-state index contributed by atoms with van der Waals surface area (Å²) in [6.07, 6.45) is 8.93. The van der Waals surface area contributed by atoms with E-state index in [2.05, 4.69) is 31.2 Å². The van der Waals surface area contributed by atoms with Crippen LogP contribution in [0.4, 0.5) is 0 Å². The Kier molecular flexibility index (Phi) is 1.29. The molecule has 1 aliphatic carbocycles. The number of fused-ring (bicyclic) bond motifs is 1. The van der Waals surface area contributed by atoms with Crippen molar-refractivity contribution in [2.75, 3.05) is 0 Å². The molecule has 0 saturated carbocycles. The van der Waals surface area contributed by atoms with Gasteiger partial charge in [-0.1, -0.05) is 0 Å². The fraction of sp³-hybridized carbons (Fsp3) is 0.125. The Bertz CT molecular complexity index is 221. The van der Waals surface area contributed by atoms with Crippen molar-refractivity contribution in [3.63, 3.8) is 0 Å². The monoisotopic (exact) mass is 233 g/mol. The molecule has 1 radical (unpaired) electrons. The van der Waals surface area contributed by atoms with E-state index in [9.17, 15) is 0 Å². The molecule has 0 N–H and O–H groups in total. The molecule has 1 aliphatic heterocycles. The third kappa shape index (κ3) is 0.892. The number of hydrogen-bond donors (Lipinski definition) is 0. The molecule has 1 heteroatoms. The van der Waals surface area contributed by atoms with E-state index in [1.54, 1.807) is 7.59 Å². The quantitative estimate of drug-likeness (QED) is 0.555. The standard InChI is InChI=1S/C8H7Te/c1-6-5-7-3-2-4-8(7)9-6/h2-5H,1H3. The predicted octanol–water partition coefficient (Wildman–Crippen LogP) is 1.64. The Morgan fingerprint density at radius 2 is 2.33 bits per heavy atom. The Balaban J connectivity index is 2.40. The second kappa shape index (κ2) is 2.01. The van der Waals surface area contributed by atoms with Gasteiger partial charge in [0.05, 0.1) is 0 Å². The van der Waals surface area contributed by atoms with Crippen molar-refractivity contribution in [2.45, 2.75) is 6.92 Å². The molecule has 0 atom stereocenters. The van der Waals surface area contributed by atoms with Gasteiger partial charge in [0.25, 0.3) is 0 Å². The third-order valence-electron chi connectivity index (χ3n) is 1.44. The number of hydrogen-bond acceptors (Lipinski definition) is 0. The van der Waals surface area contributed by atoms with Gasteiger partial charge >= 0.3 is 65.3 Å². The van der Waals surface area contributed by atoms with Crippen LogP contribution in [0.25, 0.3) is 0 Å². The Hall–Kier alpha value is 0.00961. The van der Waals surface area contributed by atoms with E-state index >= 15 is 0 Å². The molecule has 0 unspecified atom stereocenters. The van der Waals surface area contributed by atoms with Crippen LogP contribution in [0.1, 0.15) is 6.92 Å². The van der Waals surface area contributed by atoms with Gasteiger partial charge in [-0.3, -0.25) is 0 Å². The molecule has 1 heterocycles. The topological polar surface area (TPSA) is 0 Å². The van der Waals surface area contributed by atoms with Crippen LogP contribution in [0, 0.1) is 3.97 Å². The van der Waals surface area contributed by atoms with Gasteiger partial charge in [-0.15, -0.1) is 0 Å². The molecular weight excluding hydrogens is 224 g/mol. The Morgan fingerprint density at radius 1 is 1.44 bits per heavy atom. The Labute approximate surface area is 65.4 Å². The molecule has 45 valence electrons. The number of allylic oxidation sites excluding steroid dienone is 6. The molecular formula is C8H7Te. The summed E-state index contributed by atoms with van der Waals surface area (Å²) in [6, 6.07) is 0. The van der Waals surface area contributed by atoms with Gasteiger partial charge in [0.1, 0.15) is 0 Å². The molecule has 0 spiro atoms. The molecule has 2 aliphatic rings. The predicted molar refractivity (Wildman–Crippen MR) is 40.0 cm³/mol. The minimum absolute atomic E-state index is 0.0929. The van der Waals surface area contributed by atoms with Gasteiger partial charge in [0.2, 0.25) is 0 Å². The first-order valence-electron chi connectivity index (χ1n) is 2.98. The van der Waals surface area contributed by atoms with Crippen LogP contribution < -0.4 is 0 Å². The van der Waals surface area contributed by atoms with Crippen molar-refractivity contribution >= 4 is 20.9 Å². The van der Waals surface area contributed by atoms with Crippen molar-refractivity contribution in [1.82, 2.24) is 0 Å². The van der Waals surface area contributed by atoms with Crippen molar-refractivity contribution in [2.24, 2.45) is 0 Å². The summed E-state index contributed by atoms with van der Waals surface area (Å²) in [5, 5.41) is 0. The van der Waals surface area contributed by atoms with Crippen molar-refractivity contribution < 1.29 is 0 Å². The normalized spacial score (nSPS) is 24.1. The SMILES string of the molecule is C[C]1C=C2C=CC=C2[Te]1. The molecule has 0 bridgehead atoms. The zero-order valence-electron chi connectivity index (χ0n) is 5.22. The van der Waals surface area contributed by atoms with E-state index in [1.807, 2.05) is 0 Å². The first kappa shape index (κ1) is 5.77. The van der Waals surface area contributed by atoms with Crippen LogP contribution in [0.2, 0.25) is 0 Å². The average molecular weight is 231 g/mol. The number of rotatable bonds is 0. The molecule has 0 nitrogen and oxygen atoms in total. The summed E-state index contributed by atoms with van der Waals surface area (Å²) >= 11 is 0.0929. The van der Waals surface area contributed by atoms with Crippen molar-refractivity contribution in [3.8, 4) is 0 Å². The first-order chi connectivity index (χ1) is 4.36. The van der Waals surface area contributed by atoms with Gasteiger partial charge in [-0.2, -0.15) is 0 Å². The van der Waals surface area contributed by atoms with Crippen LogP contribution >= 0.6 is 0 Å². The molecule has 0 amide bonds. The van der Waals surface area contributed by atoms with Crippen molar-refractivity contribution in [3.05, 3.63) is 37.5 Å². The average Bonchev–Trinajstić information content (AvgIpc) is 2.22. The van der Waals surface area contributed by atoms with Crippen LogP contribution in [0.5, 0.6) is 0 Å². The summed E-state index contributed by atoms with van der Waals surface area (Å²) in [5.41, 5.74) is 1.48. The van der Waals surface area contributed by atoms with E-state index < -0.39 is 0 Å². The fourth-order valence-corrected chi connectivity index (χ4v) is 3.69. The van der Waals surface area contributed by atoms with Gasteiger partial charge in [0.15, 0.2) is 0 Å². The summed E-state index contributed by atoms with van der Waals surface area (Å²) in [7, 11) is 0. The van der Waals surface area contributed by atoms with Crippen molar-refractivity contribution in [1.29, 1.82) is 0 Å². The summed E-state index contributed by atoms with van der Waals surface area (Å²) in [5.74, 6) is 0. The van der Waals surface area contributed by atoms with Crippen LogP contribution in [0.15, 0.2) is 33.5 Å². The molecule has 0 fully saturated rings. The summed E-state index contributed by atoms with van der Waals surface area (Å²) in [6.45, 7) is 2.24. The van der Waals surface area contributed by atoms with E-state index in [0.717, 1.165) is 0 Å².